The molecule has 0 radical (unpaired) electrons. The van der Waals surface area contributed by atoms with Gasteiger partial charge < -0.3 is 14.8 Å². The van der Waals surface area contributed by atoms with Crippen LogP contribution in [0.5, 0.6) is 11.5 Å². The smallest absolute Gasteiger partial charge is 0.161 e. The molecule has 7 heteroatoms. The molecule has 0 saturated carbocycles. The Balaban J connectivity index is 2.54. The summed E-state index contributed by atoms with van der Waals surface area (Å²) < 4.78 is 13.9. The number of nitrogens with one attached hydrogen (secondary N) is 1. The van der Waals surface area contributed by atoms with Crippen LogP contribution in [0.25, 0.3) is 0 Å². The third-order valence-electron chi connectivity index (χ3n) is 3.10. The van der Waals surface area contributed by atoms with Crippen LogP contribution in [0.2, 0.25) is 0 Å². The third kappa shape index (κ3) is 3.64. The summed E-state index contributed by atoms with van der Waals surface area (Å²) in [5, 5.41) is 3.35. The lowest BCUT2D eigenvalue weighted by atomic mass is 10.0. The standard InChI is InChI=1S/C14H14Br3NO2S/c1-18-13(8-5-12(16)21-14(8)17)7-4-10(19-2)11(20-3)6-9(7)15/h4-6,13,18H,1-3H3. The van der Waals surface area contributed by atoms with Crippen molar-refractivity contribution >= 4 is 59.1 Å². The van der Waals surface area contributed by atoms with E-state index in [2.05, 4.69) is 59.2 Å². The van der Waals surface area contributed by atoms with Gasteiger partial charge >= 0.3 is 0 Å². The van der Waals surface area contributed by atoms with E-state index in [-0.39, 0.29) is 6.04 Å². The first-order chi connectivity index (χ1) is 10.0. The first-order valence-corrected chi connectivity index (χ1v) is 9.24. The molecule has 1 atom stereocenters. The van der Waals surface area contributed by atoms with E-state index >= 15 is 0 Å². The van der Waals surface area contributed by atoms with Crippen molar-refractivity contribution in [3.8, 4) is 11.5 Å². The molecule has 2 aromatic rings. The van der Waals surface area contributed by atoms with Gasteiger partial charge in [0.25, 0.3) is 0 Å². The van der Waals surface area contributed by atoms with Gasteiger partial charge in [-0.1, -0.05) is 15.9 Å². The minimum atomic E-state index is 0.0381. The van der Waals surface area contributed by atoms with E-state index in [4.69, 9.17) is 9.47 Å². The fourth-order valence-electron chi connectivity index (χ4n) is 2.12. The second-order valence-electron chi connectivity index (χ2n) is 4.23. The van der Waals surface area contributed by atoms with Gasteiger partial charge in [0.05, 0.1) is 27.8 Å². The monoisotopic (exact) mass is 497 g/mol. The maximum atomic E-state index is 5.41. The van der Waals surface area contributed by atoms with Gasteiger partial charge in [-0.05, 0) is 68.2 Å². The maximum Gasteiger partial charge on any atom is 0.161 e. The van der Waals surface area contributed by atoms with E-state index < -0.39 is 0 Å². The fraction of sp³-hybridized carbons (Fsp3) is 0.286. The Morgan fingerprint density at radius 3 is 2.10 bits per heavy atom. The molecule has 0 spiro atoms. The molecule has 21 heavy (non-hydrogen) atoms. The SMILES string of the molecule is CNC(c1cc(OC)c(OC)cc1Br)c1cc(Br)sc1Br. The number of rotatable bonds is 5. The number of thiophene rings is 1. The van der Waals surface area contributed by atoms with E-state index in [0.717, 1.165) is 17.6 Å². The van der Waals surface area contributed by atoms with Crippen LogP contribution in [-0.2, 0) is 0 Å². The van der Waals surface area contributed by atoms with Crippen molar-refractivity contribution in [1.29, 1.82) is 0 Å². The van der Waals surface area contributed by atoms with Crippen molar-refractivity contribution in [2.24, 2.45) is 0 Å². The van der Waals surface area contributed by atoms with Crippen LogP contribution in [-0.4, -0.2) is 21.3 Å². The lowest BCUT2D eigenvalue weighted by Crippen LogP contribution is -2.18. The molecule has 3 nitrogen and oxygen atoms in total. The Kier molecular flexibility index (Phi) is 6.14. The van der Waals surface area contributed by atoms with Gasteiger partial charge in [0.2, 0.25) is 0 Å². The molecule has 0 fully saturated rings. The molecule has 1 unspecified atom stereocenters. The van der Waals surface area contributed by atoms with Crippen LogP contribution in [0.4, 0.5) is 0 Å². The molecule has 114 valence electrons. The topological polar surface area (TPSA) is 30.5 Å². The van der Waals surface area contributed by atoms with Crippen molar-refractivity contribution in [2.75, 3.05) is 21.3 Å². The number of ether oxygens (including phenoxy) is 2. The molecule has 1 heterocycles. The highest BCUT2D eigenvalue weighted by Crippen LogP contribution is 2.42. The van der Waals surface area contributed by atoms with Crippen molar-refractivity contribution in [3.05, 3.63) is 41.4 Å². The van der Waals surface area contributed by atoms with Crippen LogP contribution < -0.4 is 14.8 Å². The van der Waals surface area contributed by atoms with Crippen LogP contribution in [0.3, 0.4) is 0 Å². The highest BCUT2D eigenvalue weighted by molar-refractivity contribution is 9.12. The Bertz CT molecular complexity index is 645. The molecule has 0 saturated heterocycles. The van der Waals surface area contributed by atoms with E-state index in [9.17, 15) is 0 Å². The summed E-state index contributed by atoms with van der Waals surface area (Å²) in [7, 11) is 5.21. The summed E-state index contributed by atoms with van der Waals surface area (Å²) in [4.78, 5) is 0. The zero-order valence-electron chi connectivity index (χ0n) is 11.7. The van der Waals surface area contributed by atoms with Gasteiger partial charge in [-0.15, -0.1) is 11.3 Å². The Hall–Kier alpha value is -0.0800. The average molecular weight is 500 g/mol. The highest BCUT2D eigenvalue weighted by Gasteiger charge is 2.22. The highest BCUT2D eigenvalue weighted by atomic mass is 79.9. The van der Waals surface area contributed by atoms with Gasteiger partial charge in [0.15, 0.2) is 11.5 Å². The fourth-order valence-corrected chi connectivity index (χ4v) is 5.57. The van der Waals surface area contributed by atoms with Crippen molar-refractivity contribution in [2.45, 2.75) is 6.04 Å². The molecule has 1 aromatic carbocycles. The normalized spacial score (nSPS) is 12.3. The zero-order chi connectivity index (χ0) is 15.6. The third-order valence-corrected chi connectivity index (χ3v) is 6.17. The van der Waals surface area contributed by atoms with Crippen LogP contribution in [0.1, 0.15) is 17.2 Å². The Morgan fingerprint density at radius 2 is 1.62 bits per heavy atom. The summed E-state index contributed by atoms with van der Waals surface area (Å²) in [5.41, 5.74) is 2.25. The number of hydrogen-bond donors (Lipinski definition) is 1. The van der Waals surface area contributed by atoms with Crippen molar-refractivity contribution in [3.63, 3.8) is 0 Å². The van der Waals surface area contributed by atoms with Crippen LogP contribution in [0.15, 0.2) is 30.2 Å². The molecular formula is C14H14Br3NO2S. The van der Waals surface area contributed by atoms with Crippen LogP contribution in [0, 0.1) is 0 Å². The predicted molar refractivity (Wildman–Crippen MR) is 97.9 cm³/mol. The first-order valence-electron chi connectivity index (χ1n) is 6.05. The molecular weight excluding hydrogens is 486 g/mol. The van der Waals surface area contributed by atoms with Gasteiger partial charge in [-0.2, -0.15) is 0 Å². The lowest BCUT2D eigenvalue weighted by Gasteiger charge is -2.20. The van der Waals surface area contributed by atoms with Crippen molar-refractivity contribution in [1.82, 2.24) is 5.32 Å². The maximum absolute atomic E-state index is 5.41. The van der Waals surface area contributed by atoms with E-state index in [1.54, 1.807) is 25.6 Å². The van der Waals surface area contributed by atoms with Gasteiger partial charge in [-0.25, -0.2) is 0 Å². The predicted octanol–water partition coefficient (Wildman–Crippen LogP) is 5.36. The molecule has 1 aromatic heterocycles. The summed E-state index contributed by atoms with van der Waals surface area (Å²) >= 11 is 12.4. The summed E-state index contributed by atoms with van der Waals surface area (Å²) in [6.45, 7) is 0. The van der Waals surface area contributed by atoms with E-state index in [1.165, 1.54) is 5.56 Å². The van der Waals surface area contributed by atoms with Gasteiger partial charge in [-0.3, -0.25) is 0 Å². The average Bonchev–Trinajstić information content (AvgIpc) is 2.79. The summed E-state index contributed by atoms with van der Waals surface area (Å²) in [5.74, 6) is 1.41. The summed E-state index contributed by atoms with van der Waals surface area (Å²) in [6, 6.07) is 6.06. The molecule has 0 aliphatic carbocycles. The molecule has 0 aliphatic heterocycles. The molecule has 0 amide bonds. The largest absolute Gasteiger partial charge is 0.493 e. The number of halogens is 3. The molecule has 0 aliphatic rings. The van der Waals surface area contributed by atoms with Gasteiger partial charge in [0.1, 0.15) is 0 Å². The van der Waals surface area contributed by atoms with Gasteiger partial charge in [0, 0.05) is 4.47 Å². The molecule has 2 rings (SSSR count). The molecule has 1 N–H and O–H groups in total. The molecule has 0 bridgehead atoms. The Labute approximate surface area is 153 Å². The second-order valence-corrected chi connectivity index (χ2v) is 8.83. The number of methoxy groups -OCH3 is 2. The Morgan fingerprint density at radius 1 is 1.00 bits per heavy atom. The van der Waals surface area contributed by atoms with E-state index in [1.807, 2.05) is 19.2 Å². The number of hydrogen-bond acceptors (Lipinski definition) is 4. The lowest BCUT2D eigenvalue weighted by molar-refractivity contribution is 0.354. The minimum Gasteiger partial charge on any atom is -0.493 e. The quantitative estimate of drug-likeness (QED) is 0.600. The number of benzene rings is 1. The van der Waals surface area contributed by atoms with Crippen molar-refractivity contribution < 1.29 is 9.47 Å². The van der Waals surface area contributed by atoms with E-state index in [0.29, 0.717) is 11.5 Å². The minimum absolute atomic E-state index is 0.0381. The zero-order valence-corrected chi connectivity index (χ0v) is 17.2. The summed E-state index contributed by atoms with van der Waals surface area (Å²) in [6.07, 6.45) is 0. The first kappa shape index (κ1) is 17.3. The second kappa shape index (κ2) is 7.46. The van der Waals surface area contributed by atoms with Crippen LogP contribution >= 0.6 is 59.1 Å².